The third-order valence-corrected chi connectivity index (χ3v) is 13.7. The van der Waals surface area contributed by atoms with Crippen molar-refractivity contribution in [2.45, 2.75) is 292 Å². The van der Waals surface area contributed by atoms with Crippen molar-refractivity contribution in [3.05, 3.63) is 12.2 Å². The molecule has 0 radical (unpaired) electrons. The van der Waals surface area contributed by atoms with E-state index in [4.69, 9.17) is 18.9 Å². The van der Waals surface area contributed by atoms with E-state index in [0.29, 0.717) is 6.42 Å². The van der Waals surface area contributed by atoms with Crippen LogP contribution in [0.2, 0.25) is 0 Å². The molecule has 68 heavy (non-hydrogen) atoms. The zero-order valence-electron chi connectivity index (χ0n) is 42.1. The van der Waals surface area contributed by atoms with Gasteiger partial charge in [-0.25, -0.2) is 0 Å². The van der Waals surface area contributed by atoms with Gasteiger partial charge >= 0.3 is 0 Å². The smallest absolute Gasteiger partial charge is 0.249 e. The lowest BCUT2D eigenvalue weighted by Crippen LogP contribution is -2.62. The number of carbonyl (C=O) groups is 1. The summed E-state index contributed by atoms with van der Waals surface area (Å²) in [5.74, 6) is -0.774. The van der Waals surface area contributed by atoms with Gasteiger partial charge in [0.15, 0.2) is 12.6 Å². The minimum absolute atomic E-state index is 0.0671. The van der Waals surface area contributed by atoms with Crippen LogP contribution in [0.25, 0.3) is 0 Å². The maximum Gasteiger partial charge on any atom is 0.249 e. The van der Waals surface area contributed by atoms with Gasteiger partial charge in [-0.3, -0.25) is 4.79 Å². The standard InChI is InChI=1S/C52H99NO15/c1-3-5-7-9-11-13-15-17-18-19-20-21-22-24-26-28-30-32-34-40(56)50(64)53-38(43(57)39(55)33-31-29-27-25-23-16-14-12-10-8-6-4-2)36-65-51-49(63)47(61)45(59)42(68-51)37-66-52-48(62)46(60)44(58)41(35-54)67-52/h29,31,38-49,51-52,54-63H,3-28,30,32-37H2,1-2H3,(H,53,64)/b31-29+/t38-,39+,40+,41+,42+,43-,44-,45+,46-,47-,48+,49+,51+,52-/m0/s1. The lowest BCUT2D eigenvalue weighted by Gasteiger charge is -2.43. The Balaban J connectivity index is 1.87. The van der Waals surface area contributed by atoms with Crippen molar-refractivity contribution < 1.29 is 74.8 Å². The van der Waals surface area contributed by atoms with Crippen LogP contribution in [-0.4, -0.2) is 163 Å². The molecule has 14 atom stereocenters. The monoisotopic (exact) mass is 978 g/mol. The molecule has 2 rings (SSSR count). The summed E-state index contributed by atoms with van der Waals surface area (Å²) in [6.45, 7) is 2.64. The molecule has 0 aromatic rings. The van der Waals surface area contributed by atoms with E-state index >= 15 is 0 Å². The fourth-order valence-corrected chi connectivity index (χ4v) is 8.99. The molecule has 0 aromatic carbocycles. The highest BCUT2D eigenvalue weighted by atomic mass is 16.7. The minimum atomic E-state index is -1.83. The number of hydrogen-bond donors (Lipinski definition) is 11. The van der Waals surface area contributed by atoms with Gasteiger partial charge in [0.05, 0.1) is 32.0 Å². The van der Waals surface area contributed by atoms with Crippen molar-refractivity contribution in [2.24, 2.45) is 0 Å². The van der Waals surface area contributed by atoms with Crippen molar-refractivity contribution in [1.82, 2.24) is 5.32 Å². The average molecular weight is 978 g/mol. The SMILES string of the molecule is CCCCCCCCCCC/C=C/C[C@@H](O)[C@@H](O)[C@H](CO[C@@H]1O[C@H](CO[C@H]2O[C@H](CO)[C@H](O)[C@H](O)[C@H]2O)[C@@H](O)[C@H](O)[C@H]1O)NC(=O)[C@H](O)CCCCCCCCCCCCCCCCCCCC. The Morgan fingerprint density at radius 3 is 1.41 bits per heavy atom. The van der Waals surface area contributed by atoms with Crippen LogP contribution in [0.15, 0.2) is 12.2 Å². The van der Waals surface area contributed by atoms with Gasteiger partial charge in [0.1, 0.15) is 61.0 Å². The van der Waals surface area contributed by atoms with Gasteiger partial charge in [-0.05, 0) is 25.7 Å². The predicted molar refractivity (Wildman–Crippen MR) is 261 cm³/mol. The molecule has 2 fully saturated rings. The molecule has 2 saturated heterocycles. The fraction of sp³-hybridized carbons (Fsp3) is 0.942. The van der Waals surface area contributed by atoms with Crippen molar-refractivity contribution >= 4 is 5.91 Å². The number of nitrogens with one attached hydrogen (secondary N) is 1. The first-order valence-corrected chi connectivity index (χ1v) is 27.1. The van der Waals surface area contributed by atoms with Crippen molar-refractivity contribution in [3.63, 3.8) is 0 Å². The third kappa shape index (κ3) is 25.9. The van der Waals surface area contributed by atoms with Crippen LogP contribution in [-0.2, 0) is 23.7 Å². The molecular weight excluding hydrogens is 879 g/mol. The van der Waals surface area contributed by atoms with E-state index in [1.807, 2.05) is 6.08 Å². The number of aliphatic hydroxyl groups is 10. The van der Waals surface area contributed by atoms with Crippen LogP contribution in [0.1, 0.15) is 206 Å². The summed E-state index contributed by atoms with van der Waals surface area (Å²) in [6.07, 6.45) is 17.0. The van der Waals surface area contributed by atoms with Crippen molar-refractivity contribution in [3.8, 4) is 0 Å². The van der Waals surface area contributed by atoms with Crippen LogP contribution >= 0.6 is 0 Å². The summed E-state index contributed by atoms with van der Waals surface area (Å²) >= 11 is 0. The Bertz CT molecular complexity index is 1230. The second-order valence-corrected chi connectivity index (χ2v) is 19.7. The van der Waals surface area contributed by atoms with E-state index in [1.165, 1.54) is 135 Å². The first-order valence-electron chi connectivity index (χ1n) is 27.1. The molecule has 0 aromatic heterocycles. The van der Waals surface area contributed by atoms with Gasteiger partial charge in [-0.2, -0.15) is 0 Å². The van der Waals surface area contributed by atoms with Crippen LogP contribution in [0.5, 0.6) is 0 Å². The molecule has 0 spiro atoms. The summed E-state index contributed by atoms with van der Waals surface area (Å²) in [5.41, 5.74) is 0. The first-order chi connectivity index (χ1) is 32.9. The van der Waals surface area contributed by atoms with E-state index in [-0.39, 0.29) is 12.8 Å². The fourth-order valence-electron chi connectivity index (χ4n) is 8.99. The molecule has 16 heteroatoms. The number of ether oxygens (including phenoxy) is 4. The molecule has 1 amide bonds. The molecule has 0 bridgehead atoms. The van der Waals surface area contributed by atoms with Crippen LogP contribution in [0.3, 0.4) is 0 Å². The van der Waals surface area contributed by atoms with Gasteiger partial charge in [-0.1, -0.05) is 193 Å². The third-order valence-electron chi connectivity index (χ3n) is 13.7. The van der Waals surface area contributed by atoms with E-state index in [2.05, 4.69) is 19.2 Å². The van der Waals surface area contributed by atoms with Crippen molar-refractivity contribution in [1.29, 1.82) is 0 Å². The molecule has 402 valence electrons. The molecule has 2 aliphatic heterocycles. The van der Waals surface area contributed by atoms with E-state index < -0.39 is 111 Å². The summed E-state index contributed by atoms with van der Waals surface area (Å²) in [6, 6.07) is -1.30. The highest BCUT2D eigenvalue weighted by molar-refractivity contribution is 5.80. The van der Waals surface area contributed by atoms with Crippen LogP contribution in [0.4, 0.5) is 0 Å². The molecular formula is C52H99NO15. The number of aliphatic hydroxyl groups excluding tert-OH is 10. The minimum Gasteiger partial charge on any atom is -0.394 e. The zero-order chi connectivity index (χ0) is 49.9. The Hall–Kier alpha value is -1.35. The molecule has 16 nitrogen and oxygen atoms in total. The van der Waals surface area contributed by atoms with Gasteiger partial charge in [0, 0.05) is 0 Å². The number of hydrogen-bond acceptors (Lipinski definition) is 15. The van der Waals surface area contributed by atoms with Gasteiger partial charge in [-0.15, -0.1) is 0 Å². The largest absolute Gasteiger partial charge is 0.394 e. The summed E-state index contributed by atoms with van der Waals surface area (Å²) in [4.78, 5) is 13.3. The van der Waals surface area contributed by atoms with E-state index in [0.717, 1.165) is 38.5 Å². The maximum atomic E-state index is 13.3. The van der Waals surface area contributed by atoms with E-state index in [9.17, 15) is 55.9 Å². The van der Waals surface area contributed by atoms with Crippen LogP contribution < -0.4 is 5.32 Å². The second-order valence-electron chi connectivity index (χ2n) is 19.7. The number of amides is 1. The van der Waals surface area contributed by atoms with Crippen molar-refractivity contribution in [2.75, 3.05) is 19.8 Å². The first kappa shape index (κ1) is 62.8. The Morgan fingerprint density at radius 2 is 0.941 bits per heavy atom. The predicted octanol–water partition coefficient (Wildman–Crippen LogP) is 5.49. The summed E-state index contributed by atoms with van der Waals surface area (Å²) < 4.78 is 22.4. The second kappa shape index (κ2) is 39.2. The molecule has 2 aliphatic rings. The summed E-state index contributed by atoms with van der Waals surface area (Å²) in [7, 11) is 0. The van der Waals surface area contributed by atoms with E-state index in [1.54, 1.807) is 6.08 Å². The quantitative estimate of drug-likeness (QED) is 0.0267. The highest BCUT2D eigenvalue weighted by Gasteiger charge is 2.48. The molecule has 0 saturated carbocycles. The Kier molecular flexibility index (Phi) is 36.2. The zero-order valence-corrected chi connectivity index (χ0v) is 42.1. The molecule has 2 heterocycles. The van der Waals surface area contributed by atoms with Crippen LogP contribution in [0, 0.1) is 0 Å². The Labute approximate surface area is 409 Å². The number of rotatable bonds is 42. The maximum absolute atomic E-state index is 13.3. The Morgan fingerprint density at radius 1 is 0.529 bits per heavy atom. The van der Waals surface area contributed by atoms with Gasteiger partial charge in [0.25, 0.3) is 0 Å². The number of carbonyl (C=O) groups excluding carboxylic acids is 1. The normalized spacial score (nSPS) is 27.4. The lowest BCUT2D eigenvalue weighted by atomic mass is 9.98. The molecule has 0 unspecified atom stereocenters. The average Bonchev–Trinajstić information content (AvgIpc) is 3.33. The van der Waals surface area contributed by atoms with Gasteiger partial charge < -0.3 is 75.3 Å². The molecule has 0 aliphatic carbocycles. The lowest BCUT2D eigenvalue weighted by molar-refractivity contribution is -0.331. The van der Waals surface area contributed by atoms with Gasteiger partial charge in [0.2, 0.25) is 5.91 Å². The topological polar surface area (TPSA) is 268 Å². The number of allylic oxidation sites excluding steroid dienone is 1. The summed E-state index contributed by atoms with van der Waals surface area (Å²) in [5, 5.41) is 108. The number of unbranched alkanes of at least 4 members (excludes halogenated alkanes) is 26. The molecule has 11 N–H and O–H groups in total. The highest BCUT2D eigenvalue weighted by Crippen LogP contribution is 2.27.